The monoisotopic (exact) mass is 308 g/mol. The second kappa shape index (κ2) is 6.29. The largest absolute Gasteiger partial charge is 0.481 e. The molecule has 2 rings (SSSR count). The van der Waals surface area contributed by atoms with Crippen LogP contribution in [0.2, 0.25) is 10.0 Å². The van der Waals surface area contributed by atoms with Gasteiger partial charge in [0.2, 0.25) is 0 Å². The van der Waals surface area contributed by atoms with Crippen LogP contribution in [0, 0.1) is 6.92 Å². The van der Waals surface area contributed by atoms with Crippen molar-refractivity contribution < 1.29 is 9.90 Å². The number of benzene rings is 2. The summed E-state index contributed by atoms with van der Waals surface area (Å²) >= 11 is 12.2. The Morgan fingerprint density at radius 3 is 2.30 bits per heavy atom. The molecule has 0 saturated heterocycles. The van der Waals surface area contributed by atoms with Crippen molar-refractivity contribution in [1.29, 1.82) is 0 Å². The lowest BCUT2D eigenvalue weighted by Gasteiger charge is -2.15. The van der Waals surface area contributed by atoms with E-state index >= 15 is 0 Å². The number of aryl methyl sites for hydroxylation is 1. The van der Waals surface area contributed by atoms with E-state index < -0.39 is 11.9 Å². The highest BCUT2D eigenvalue weighted by molar-refractivity contribution is 6.36. The molecule has 0 fully saturated rings. The molecule has 0 heterocycles. The van der Waals surface area contributed by atoms with Crippen molar-refractivity contribution in [2.45, 2.75) is 19.3 Å². The minimum Gasteiger partial charge on any atom is -0.481 e. The Balaban J connectivity index is 2.38. The van der Waals surface area contributed by atoms with Gasteiger partial charge in [0.1, 0.15) is 0 Å². The van der Waals surface area contributed by atoms with Gasteiger partial charge in [0.05, 0.1) is 5.92 Å². The average molecular weight is 309 g/mol. The normalized spacial score (nSPS) is 12.2. The molecule has 1 N–H and O–H groups in total. The fourth-order valence-electron chi connectivity index (χ4n) is 2.17. The van der Waals surface area contributed by atoms with E-state index in [9.17, 15) is 9.90 Å². The third-order valence-corrected chi connectivity index (χ3v) is 3.92. The summed E-state index contributed by atoms with van der Waals surface area (Å²) < 4.78 is 0. The first kappa shape index (κ1) is 14.9. The van der Waals surface area contributed by atoms with Crippen LogP contribution < -0.4 is 0 Å². The van der Waals surface area contributed by atoms with Crippen molar-refractivity contribution in [3.05, 3.63) is 69.2 Å². The molecule has 1 unspecified atom stereocenters. The third kappa shape index (κ3) is 3.33. The van der Waals surface area contributed by atoms with Crippen LogP contribution in [0.5, 0.6) is 0 Å². The Kier molecular flexibility index (Phi) is 4.69. The van der Waals surface area contributed by atoms with E-state index in [1.165, 1.54) is 0 Å². The quantitative estimate of drug-likeness (QED) is 0.888. The van der Waals surface area contributed by atoms with Crippen molar-refractivity contribution in [1.82, 2.24) is 0 Å². The van der Waals surface area contributed by atoms with Crippen LogP contribution in [0.3, 0.4) is 0 Å². The smallest absolute Gasteiger partial charge is 0.311 e. The van der Waals surface area contributed by atoms with Gasteiger partial charge in [-0.15, -0.1) is 0 Å². The summed E-state index contributed by atoms with van der Waals surface area (Å²) in [5, 5.41) is 10.5. The Hall–Kier alpha value is -1.51. The van der Waals surface area contributed by atoms with E-state index in [-0.39, 0.29) is 6.42 Å². The minimum absolute atomic E-state index is 0.275. The second-order valence-electron chi connectivity index (χ2n) is 4.71. The van der Waals surface area contributed by atoms with Crippen LogP contribution in [-0.2, 0) is 11.2 Å². The highest BCUT2D eigenvalue weighted by Gasteiger charge is 2.22. The molecule has 0 saturated carbocycles. The van der Waals surface area contributed by atoms with Crippen molar-refractivity contribution in [3.63, 3.8) is 0 Å². The van der Waals surface area contributed by atoms with E-state index in [2.05, 4.69) is 0 Å². The van der Waals surface area contributed by atoms with E-state index in [0.717, 1.165) is 11.1 Å². The summed E-state index contributed by atoms with van der Waals surface area (Å²) in [4.78, 5) is 11.6. The number of aliphatic carboxylic acids is 1. The first-order valence-electron chi connectivity index (χ1n) is 6.21. The number of hydrogen-bond donors (Lipinski definition) is 1. The zero-order valence-electron chi connectivity index (χ0n) is 10.9. The minimum atomic E-state index is -0.883. The van der Waals surface area contributed by atoms with Gasteiger partial charge < -0.3 is 5.11 Å². The summed E-state index contributed by atoms with van der Waals surface area (Å²) in [5.41, 5.74) is 2.46. The standard InChI is InChI=1S/C16H14Cl2O2/c1-10-4-2-5-11(8-10)12(16(19)20)9-13-14(17)6-3-7-15(13)18/h2-8,12H,9H2,1H3,(H,19,20). The molecule has 2 aromatic carbocycles. The SMILES string of the molecule is Cc1cccc(C(Cc2c(Cl)cccc2Cl)C(=O)O)c1. The fourth-order valence-corrected chi connectivity index (χ4v) is 2.72. The number of carboxylic acids is 1. The highest BCUT2D eigenvalue weighted by atomic mass is 35.5. The Morgan fingerprint density at radius 1 is 1.15 bits per heavy atom. The molecule has 0 aromatic heterocycles. The van der Waals surface area contributed by atoms with Gasteiger partial charge in [-0.3, -0.25) is 4.79 Å². The Labute approximate surface area is 128 Å². The molecule has 0 aliphatic heterocycles. The van der Waals surface area contributed by atoms with Crippen molar-refractivity contribution in [3.8, 4) is 0 Å². The van der Waals surface area contributed by atoms with Gasteiger partial charge in [0.25, 0.3) is 0 Å². The van der Waals surface area contributed by atoms with Gasteiger partial charge in [-0.1, -0.05) is 59.1 Å². The van der Waals surface area contributed by atoms with E-state index in [1.807, 2.05) is 31.2 Å². The molecule has 0 amide bonds. The number of hydrogen-bond acceptors (Lipinski definition) is 1. The van der Waals surface area contributed by atoms with Crippen molar-refractivity contribution in [2.75, 3.05) is 0 Å². The zero-order valence-corrected chi connectivity index (χ0v) is 12.4. The molecule has 0 aliphatic carbocycles. The molecule has 4 heteroatoms. The first-order valence-corrected chi connectivity index (χ1v) is 6.97. The molecule has 2 aromatic rings. The molecule has 104 valence electrons. The fraction of sp³-hybridized carbons (Fsp3) is 0.188. The lowest BCUT2D eigenvalue weighted by Crippen LogP contribution is -2.15. The maximum Gasteiger partial charge on any atom is 0.311 e. The second-order valence-corrected chi connectivity index (χ2v) is 5.52. The number of carboxylic acid groups (broad SMARTS) is 1. The van der Waals surface area contributed by atoms with E-state index in [0.29, 0.717) is 15.6 Å². The summed E-state index contributed by atoms with van der Waals surface area (Å²) in [6.45, 7) is 1.94. The van der Waals surface area contributed by atoms with Crippen LogP contribution in [-0.4, -0.2) is 11.1 Å². The lowest BCUT2D eigenvalue weighted by atomic mass is 9.91. The van der Waals surface area contributed by atoms with Crippen LogP contribution in [0.4, 0.5) is 0 Å². The topological polar surface area (TPSA) is 37.3 Å². The molecule has 0 aliphatic rings. The molecule has 0 spiro atoms. The molecular weight excluding hydrogens is 295 g/mol. The predicted octanol–water partition coefficient (Wildman–Crippen LogP) is 4.71. The zero-order chi connectivity index (χ0) is 14.7. The van der Waals surface area contributed by atoms with Gasteiger partial charge in [0.15, 0.2) is 0 Å². The Morgan fingerprint density at radius 2 is 1.75 bits per heavy atom. The van der Waals surface area contributed by atoms with Gasteiger partial charge in [-0.2, -0.15) is 0 Å². The lowest BCUT2D eigenvalue weighted by molar-refractivity contribution is -0.138. The van der Waals surface area contributed by atoms with Crippen molar-refractivity contribution >= 4 is 29.2 Å². The summed E-state index contributed by atoms with van der Waals surface area (Å²) in [6.07, 6.45) is 0.275. The molecule has 2 nitrogen and oxygen atoms in total. The maximum atomic E-state index is 11.6. The molecule has 1 atom stereocenters. The van der Waals surface area contributed by atoms with Crippen LogP contribution in [0.1, 0.15) is 22.6 Å². The predicted molar refractivity (Wildman–Crippen MR) is 81.7 cm³/mol. The summed E-state index contributed by atoms with van der Waals surface area (Å²) in [7, 11) is 0. The molecular formula is C16H14Cl2O2. The van der Waals surface area contributed by atoms with Gasteiger partial charge >= 0.3 is 5.97 Å². The van der Waals surface area contributed by atoms with Crippen molar-refractivity contribution in [2.24, 2.45) is 0 Å². The number of rotatable bonds is 4. The van der Waals surface area contributed by atoms with E-state index in [4.69, 9.17) is 23.2 Å². The van der Waals surface area contributed by atoms with Crippen LogP contribution in [0.15, 0.2) is 42.5 Å². The highest BCUT2D eigenvalue weighted by Crippen LogP contribution is 2.30. The Bertz CT molecular complexity index is 618. The molecule has 20 heavy (non-hydrogen) atoms. The first-order chi connectivity index (χ1) is 9.49. The van der Waals surface area contributed by atoms with E-state index in [1.54, 1.807) is 18.2 Å². The van der Waals surface area contributed by atoms with Crippen LogP contribution >= 0.6 is 23.2 Å². The maximum absolute atomic E-state index is 11.6. The molecule has 0 bridgehead atoms. The molecule has 0 radical (unpaired) electrons. The van der Waals surface area contributed by atoms with Gasteiger partial charge in [-0.05, 0) is 36.6 Å². The summed E-state index contributed by atoms with van der Waals surface area (Å²) in [5.74, 6) is -1.54. The number of halogens is 2. The van der Waals surface area contributed by atoms with Gasteiger partial charge in [0, 0.05) is 10.0 Å². The average Bonchev–Trinajstić information content (AvgIpc) is 2.38. The number of carbonyl (C=O) groups is 1. The summed E-state index contributed by atoms with van der Waals surface area (Å²) in [6, 6.07) is 12.7. The van der Waals surface area contributed by atoms with Gasteiger partial charge in [-0.25, -0.2) is 0 Å². The van der Waals surface area contributed by atoms with Crippen LogP contribution in [0.25, 0.3) is 0 Å². The third-order valence-electron chi connectivity index (χ3n) is 3.21.